The Labute approximate surface area is 167 Å². The lowest BCUT2D eigenvalue weighted by molar-refractivity contribution is 0.802. The summed E-state index contributed by atoms with van der Waals surface area (Å²) >= 11 is 29.0. The van der Waals surface area contributed by atoms with Crippen molar-refractivity contribution >= 4 is 63.7 Å². The van der Waals surface area contributed by atoms with Crippen molar-refractivity contribution < 1.29 is 0 Å². The van der Waals surface area contributed by atoms with Crippen LogP contribution < -0.4 is 10.6 Å². The van der Waals surface area contributed by atoms with E-state index in [9.17, 15) is 0 Å². The fourth-order valence-corrected chi connectivity index (χ4v) is 2.94. The minimum absolute atomic E-state index is 0.563. The largest absolute Gasteiger partial charge is 0.362 e. The average molecular weight is 422 g/mol. The molecule has 2 N–H and O–H groups in total. The van der Waals surface area contributed by atoms with E-state index in [0.717, 1.165) is 37.1 Å². The van der Waals surface area contributed by atoms with Crippen LogP contribution in [0.5, 0.6) is 0 Å². The van der Waals surface area contributed by atoms with Crippen LogP contribution in [0.15, 0.2) is 36.4 Å². The van der Waals surface area contributed by atoms with E-state index in [0.29, 0.717) is 25.2 Å². The van der Waals surface area contributed by atoms with Crippen LogP contribution in [0.1, 0.15) is 11.1 Å². The number of thiocarbonyl (C=S) groups is 1. The molecule has 0 aliphatic heterocycles. The lowest BCUT2D eigenvalue weighted by Crippen LogP contribution is -2.37. The molecule has 2 nitrogen and oxygen atoms in total. The van der Waals surface area contributed by atoms with Crippen LogP contribution in [-0.2, 0) is 12.8 Å². The quantitative estimate of drug-likeness (QED) is 0.597. The van der Waals surface area contributed by atoms with Crippen LogP contribution in [0.3, 0.4) is 0 Å². The fraction of sp³-hybridized carbons (Fsp3) is 0.235. The molecule has 0 heterocycles. The molecule has 2 rings (SSSR count). The van der Waals surface area contributed by atoms with Gasteiger partial charge in [-0.2, -0.15) is 0 Å². The summed E-state index contributed by atoms with van der Waals surface area (Å²) in [5, 5.41) is 9.22. The summed E-state index contributed by atoms with van der Waals surface area (Å²) in [6.45, 7) is 1.44. The minimum Gasteiger partial charge on any atom is -0.362 e. The van der Waals surface area contributed by atoms with Gasteiger partial charge in [-0.1, -0.05) is 58.5 Å². The molecule has 7 heteroatoms. The molecular formula is C17H16Cl4N2S. The van der Waals surface area contributed by atoms with Gasteiger partial charge in [0.1, 0.15) is 0 Å². The van der Waals surface area contributed by atoms with Gasteiger partial charge >= 0.3 is 0 Å². The molecule has 128 valence electrons. The van der Waals surface area contributed by atoms with Gasteiger partial charge in [0.05, 0.1) is 20.1 Å². The summed E-state index contributed by atoms with van der Waals surface area (Å²) in [4.78, 5) is 0. The standard InChI is InChI=1S/C17H16Cl4N2S/c18-13-3-1-11(9-15(13)20)5-7-22-17(24)23-8-6-12-2-4-14(19)16(21)10-12/h1-4,9-10H,5-8H2,(H2,22,23,24). The maximum Gasteiger partial charge on any atom is 0.166 e. The Morgan fingerprint density at radius 2 is 1.12 bits per heavy atom. The van der Waals surface area contributed by atoms with E-state index in [4.69, 9.17) is 58.6 Å². The predicted molar refractivity (Wildman–Crippen MR) is 109 cm³/mol. The normalized spacial score (nSPS) is 10.5. The van der Waals surface area contributed by atoms with Gasteiger partial charge < -0.3 is 10.6 Å². The van der Waals surface area contributed by atoms with E-state index in [-0.39, 0.29) is 0 Å². The number of rotatable bonds is 6. The molecule has 0 aromatic heterocycles. The summed E-state index contributed by atoms with van der Waals surface area (Å²) in [7, 11) is 0. The van der Waals surface area contributed by atoms with Crippen LogP contribution in [0.2, 0.25) is 20.1 Å². The topological polar surface area (TPSA) is 24.1 Å². The van der Waals surface area contributed by atoms with Gasteiger partial charge in [-0.25, -0.2) is 0 Å². The van der Waals surface area contributed by atoms with Gasteiger partial charge in [-0.05, 0) is 60.5 Å². The monoisotopic (exact) mass is 420 g/mol. The van der Waals surface area contributed by atoms with Crippen molar-refractivity contribution in [3.63, 3.8) is 0 Å². The molecule has 0 spiro atoms. The number of hydrogen-bond acceptors (Lipinski definition) is 1. The summed E-state index contributed by atoms with van der Waals surface area (Å²) < 4.78 is 0. The molecule has 0 aliphatic carbocycles. The van der Waals surface area contributed by atoms with Crippen molar-refractivity contribution in [2.75, 3.05) is 13.1 Å². The third kappa shape index (κ3) is 6.30. The minimum atomic E-state index is 0.563. The van der Waals surface area contributed by atoms with E-state index >= 15 is 0 Å². The second-order valence-electron chi connectivity index (χ2n) is 5.18. The highest BCUT2D eigenvalue weighted by atomic mass is 35.5. The van der Waals surface area contributed by atoms with E-state index in [1.165, 1.54) is 0 Å². The van der Waals surface area contributed by atoms with Crippen LogP contribution in [0.25, 0.3) is 0 Å². The molecule has 0 fully saturated rings. The first kappa shape index (κ1) is 19.6. The first-order valence-electron chi connectivity index (χ1n) is 7.35. The molecular weight excluding hydrogens is 406 g/mol. The summed E-state index contributed by atoms with van der Waals surface area (Å²) in [5.74, 6) is 0. The summed E-state index contributed by atoms with van der Waals surface area (Å²) in [5.41, 5.74) is 2.21. The highest BCUT2D eigenvalue weighted by molar-refractivity contribution is 7.80. The Bertz CT molecular complexity index is 662. The molecule has 2 aromatic rings. The molecule has 2 aromatic carbocycles. The van der Waals surface area contributed by atoms with E-state index in [1.807, 2.05) is 24.3 Å². The third-order valence-electron chi connectivity index (χ3n) is 3.37. The van der Waals surface area contributed by atoms with Crippen LogP contribution in [0, 0.1) is 0 Å². The maximum atomic E-state index is 5.99. The van der Waals surface area contributed by atoms with Crippen LogP contribution >= 0.6 is 58.6 Å². The smallest absolute Gasteiger partial charge is 0.166 e. The molecule has 0 amide bonds. The number of hydrogen-bond donors (Lipinski definition) is 2. The number of halogens is 4. The predicted octanol–water partition coefficient (Wildman–Crippen LogP) is 5.55. The Morgan fingerprint density at radius 1 is 0.708 bits per heavy atom. The van der Waals surface area contributed by atoms with Gasteiger partial charge in [-0.15, -0.1) is 0 Å². The average Bonchev–Trinajstić information content (AvgIpc) is 2.54. The Balaban J connectivity index is 1.67. The first-order chi connectivity index (χ1) is 11.5. The van der Waals surface area contributed by atoms with Gasteiger partial charge in [-0.3, -0.25) is 0 Å². The highest BCUT2D eigenvalue weighted by Gasteiger charge is 2.02. The van der Waals surface area contributed by atoms with Crippen molar-refractivity contribution in [3.05, 3.63) is 67.6 Å². The van der Waals surface area contributed by atoms with Gasteiger partial charge in [0.25, 0.3) is 0 Å². The lowest BCUT2D eigenvalue weighted by atomic mass is 10.1. The summed E-state index contributed by atoms with van der Waals surface area (Å²) in [6.07, 6.45) is 1.62. The Hall–Kier alpha value is -0.710. The Kier molecular flexibility index (Phi) is 7.92. The zero-order valence-electron chi connectivity index (χ0n) is 12.7. The first-order valence-corrected chi connectivity index (χ1v) is 9.27. The summed E-state index contributed by atoms with van der Waals surface area (Å²) in [6, 6.07) is 11.2. The van der Waals surface area contributed by atoms with Crippen LogP contribution in [-0.4, -0.2) is 18.2 Å². The van der Waals surface area contributed by atoms with Gasteiger partial charge in [0.2, 0.25) is 0 Å². The molecule has 0 aliphatic rings. The molecule has 0 unspecified atom stereocenters. The fourth-order valence-electron chi connectivity index (χ4n) is 2.09. The van der Waals surface area contributed by atoms with Crippen molar-refractivity contribution in [1.82, 2.24) is 10.6 Å². The molecule has 0 saturated carbocycles. The molecule has 0 saturated heterocycles. The Morgan fingerprint density at radius 3 is 1.50 bits per heavy atom. The molecule has 0 bridgehead atoms. The highest BCUT2D eigenvalue weighted by Crippen LogP contribution is 2.23. The van der Waals surface area contributed by atoms with Crippen molar-refractivity contribution in [3.8, 4) is 0 Å². The second kappa shape index (κ2) is 9.69. The van der Waals surface area contributed by atoms with Crippen LogP contribution in [0.4, 0.5) is 0 Å². The third-order valence-corrected chi connectivity index (χ3v) is 5.13. The molecule has 24 heavy (non-hydrogen) atoms. The van der Waals surface area contributed by atoms with Crippen molar-refractivity contribution in [2.24, 2.45) is 0 Å². The van der Waals surface area contributed by atoms with E-state index in [1.54, 1.807) is 12.1 Å². The molecule has 0 atom stereocenters. The van der Waals surface area contributed by atoms with Gasteiger partial charge in [0.15, 0.2) is 5.11 Å². The SMILES string of the molecule is S=C(NCCc1ccc(Cl)c(Cl)c1)NCCc1ccc(Cl)c(Cl)c1. The maximum absolute atomic E-state index is 5.99. The van der Waals surface area contributed by atoms with Crippen molar-refractivity contribution in [2.45, 2.75) is 12.8 Å². The lowest BCUT2D eigenvalue weighted by Gasteiger charge is -2.11. The second-order valence-corrected chi connectivity index (χ2v) is 7.22. The van der Waals surface area contributed by atoms with Crippen molar-refractivity contribution in [1.29, 1.82) is 0 Å². The van der Waals surface area contributed by atoms with Gasteiger partial charge in [0, 0.05) is 13.1 Å². The van der Waals surface area contributed by atoms with E-state index < -0.39 is 0 Å². The zero-order valence-corrected chi connectivity index (χ0v) is 16.6. The molecule has 0 radical (unpaired) electrons. The zero-order chi connectivity index (χ0) is 17.5. The number of nitrogens with one attached hydrogen (secondary N) is 2. The van der Waals surface area contributed by atoms with E-state index in [2.05, 4.69) is 10.6 Å². The number of benzene rings is 2.